The van der Waals surface area contributed by atoms with E-state index in [9.17, 15) is 4.79 Å². The molecular formula is C23H27NO2. The van der Waals surface area contributed by atoms with Gasteiger partial charge in [0.2, 0.25) is 5.91 Å². The number of hydrogen-bond acceptors (Lipinski definition) is 2. The lowest BCUT2D eigenvalue weighted by Crippen LogP contribution is -2.45. The van der Waals surface area contributed by atoms with Crippen molar-refractivity contribution in [3.63, 3.8) is 0 Å². The summed E-state index contributed by atoms with van der Waals surface area (Å²) in [5, 5.41) is 0. The molecule has 1 aliphatic carbocycles. The van der Waals surface area contributed by atoms with Crippen molar-refractivity contribution < 1.29 is 9.53 Å². The molecule has 2 aromatic rings. The van der Waals surface area contributed by atoms with Gasteiger partial charge in [0.1, 0.15) is 5.60 Å². The molecule has 2 fully saturated rings. The summed E-state index contributed by atoms with van der Waals surface area (Å²) in [6, 6.07) is 20.7. The molecule has 1 saturated carbocycles. The first-order valence-electron chi connectivity index (χ1n) is 9.72. The van der Waals surface area contributed by atoms with Crippen molar-refractivity contribution in [3.05, 3.63) is 71.8 Å². The first-order valence-corrected chi connectivity index (χ1v) is 9.72. The zero-order valence-corrected chi connectivity index (χ0v) is 15.4. The van der Waals surface area contributed by atoms with Crippen LogP contribution in [0, 0.1) is 5.92 Å². The van der Waals surface area contributed by atoms with Gasteiger partial charge in [-0.3, -0.25) is 4.79 Å². The third kappa shape index (κ3) is 3.41. The molecular weight excluding hydrogens is 322 g/mol. The summed E-state index contributed by atoms with van der Waals surface area (Å²) < 4.78 is 6.62. The van der Waals surface area contributed by atoms with Crippen LogP contribution in [0.1, 0.15) is 49.8 Å². The molecule has 1 saturated heterocycles. The van der Waals surface area contributed by atoms with Crippen molar-refractivity contribution in [1.29, 1.82) is 0 Å². The Morgan fingerprint density at radius 3 is 2.31 bits per heavy atom. The second kappa shape index (κ2) is 7.24. The molecule has 0 N–H and O–H groups in total. The van der Waals surface area contributed by atoms with E-state index in [1.165, 1.54) is 12.8 Å². The van der Waals surface area contributed by atoms with E-state index in [2.05, 4.69) is 55.5 Å². The van der Waals surface area contributed by atoms with Gasteiger partial charge in [-0.25, -0.2) is 0 Å². The van der Waals surface area contributed by atoms with E-state index in [0.717, 1.165) is 30.7 Å². The predicted molar refractivity (Wildman–Crippen MR) is 103 cm³/mol. The van der Waals surface area contributed by atoms with Gasteiger partial charge < -0.3 is 9.64 Å². The Labute approximate surface area is 156 Å². The smallest absolute Gasteiger partial charge is 0.223 e. The highest BCUT2D eigenvalue weighted by Crippen LogP contribution is 2.45. The number of rotatable bonds is 7. The van der Waals surface area contributed by atoms with Crippen LogP contribution in [0.25, 0.3) is 0 Å². The van der Waals surface area contributed by atoms with Crippen LogP contribution in [0.4, 0.5) is 0 Å². The van der Waals surface area contributed by atoms with Crippen LogP contribution >= 0.6 is 0 Å². The lowest BCUT2D eigenvalue weighted by atomic mass is 9.82. The largest absolute Gasteiger partial charge is 0.368 e. The number of likely N-dealkylation sites (tertiary alicyclic amines) is 1. The number of benzene rings is 2. The van der Waals surface area contributed by atoms with E-state index in [4.69, 9.17) is 4.74 Å². The van der Waals surface area contributed by atoms with Crippen LogP contribution in [-0.2, 0) is 15.1 Å². The minimum absolute atomic E-state index is 0.111. The summed E-state index contributed by atoms with van der Waals surface area (Å²) in [7, 11) is 0. The molecule has 3 heteroatoms. The molecule has 3 nitrogen and oxygen atoms in total. The first kappa shape index (κ1) is 17.3. The third-order valence-electron chi connectivity index (χ3n) is 5.72. The fraction of sp³-hybridized carbons (Fsp3) is 0.435. The third-order valence-corrected chi connectivity index (χ3v) is 5.72. The van der Waals surface area contributed by atoms with Gasteiger partial charge in [-0.05, 0) is 43.2 Å². The molecule has 0 bridgehead atoms. The number of ether oxygens (including phenoxy) is 1. The fourth-order valence-corrected chi connectivity index (χ4v) is 4.04. The van der Waals surface area contributed by atoms with Crippen molar-refractivity contribution in [2.75, 3.05) is 13.2 Å². The number of carbonyl (C=O) groups excluding carboxylic acids is 1. The van der Waals surface area contributed by atoms with E-state index >= 15 is 0 Å². The molecule has 0 radical (unpaired) electrons. The Morgan fingerprint density at radius 1 is 1.08 bits per heavy atom. The van der Waals surface area contributed by atoms with Crippen molar-refractivity contribution in [2.24, 2.45) is 5.92 Å². The molecule has 1 amide bonds. The van der Waals surface area contributed by atoms with Crippen LogP contribution in [0.15, 0.2) is 60.7 Å². The Hall–Kier alpha value is -2.13. The fourth-order valence-electron chi connectivity index (χ4n) is 4.04. The van der Waals surface area contributed by atoms with Gasteiger partial charge in [0.15, 0.2) is 0 Å². The lowest BCUT2D eigenvalue weighted by molar-refractivity contribution is -0.143. The molecule has 2 unspecified atom stereocenters. The molecule has 1 heterocycles. The SMILES string of the molecule is CC(OCC1CC1)(c1ccccc1)C(c1ccccc1)N1CCCC1=O. The van der Waals surface area contributed by atoms with Gasteiger partial charge in [-0.15, -0.1) is 0 Å². The lowest BCUT2D eigenvalue weighted by Gasteiger charge is -2.43. The molecule has 1 aliphatic heterocycles. The van der Waals surface area contributed by atoms with Crippen molar-refractivity contribution in [3.8, 4) is 0 Å². The van der Waals surface area contributed by atoms with Crippen LogP contribution in [-0.4, -0.2) is 24.0 Å². The molecule has 2 aromatic carbocycles. The summed E-state index contributed by atoms with van der Waals surface area (Å²) in [4.78, 5) is 14.7. The molecule has 26 heavy (non-hydrogen) atoms. The zero-order valence-electron chi connectivity index (χ0n) is 15.4. The minimum Gasteiger partial charge on any atom is -0.368 e. The summed E-state index contributed by atoms with van der Waals surface area (Å²) >= 11 is 0. The Kier molecular flexibility index (Phi) is 4.82. The van der Waals surface area contributed by atoms with Crippen molar-refractivity contribution in [1.82, 2.24) is 4.90 Å². The Balaban J connectivity index is 1.78. The van der Waals surface area contributed by atoms with E-state index in [0.29, 0.717) is 12.3 Å². The maximum Gasteiger partial charge on any atom is 0.223 e. The van der Waals surface area contributed by atoms with Gasteiger partial charge in [0.05, 0.1) is 12.6 Å². The van der Waals surface area contributed by atoms with Gasteiger partial charge in [0, 0.05) is 13.0 Å². The molecule has 2 aliphatic rings. The molecule has 0 aromatic heterocycles. The van der Waals surface area contributed by atoms with Crippen LogP contribution < -0.4 is 0 Å². The topological polar surface area (TPSA) is 29.5 Å². The van der Waals surface area contributed by atoms with Crippen molar-refractivity contribution in [2.45, 2.75) is 44.2 Å². The number of carbonyl (C=O) groups is 1. The first-order chi connectivity index (χ1) is 12.7. The average Bonchev–Trinajstić information content (AvgIpc) is 3.43. The Bertz CT molecular complexity index is 741. The van der Waals surface area contributed by atoms with Gasteiger partial charge in [-0.2, -0.15) is 0 Å². The van der Waals surface area contributed by atoms with Crippen LogP contribution in [0.2, 0.25) is 0 Å². The second-order valence-electron chi connectivity index (χ2n) is 7.73. The molecule has 0 spiro atoms. The highest BCUT2D eigenvalue weighted by Gasteiger charge is 2.45. The van der Waals surface area contributed by atoms with Crippen molar-refractivity contribution >= 4 is 5.91 Å². The molecule has 2 atom stereocenters. The van der Waals surface area contributed by atoms with E-state index < -0.39 is 5.60 Å². The summed E-state index contributed by atoms with van der Waals surface area (Å²) in [6.07, 6.45) is 4.07. The van der Waals surface area contributed by atoms with Gasteiger partial charge >= 0.3 is 0 Å². The summed E-state index contributed by atoms with van der Waals surface area (Å²) in [5.41, 5.74) is 1.71. The van der Waals surface area contributed by atoms with E-state index in [1.54, 1.807) is 0 Å². The maximum absolute atomic E-state index is 12.7. The zero-order chi connectivity index (χ0) is 18.0. The summed E-state index contributed by atoms with van der Waals surface area (Å²) in [5.74, 6) is 0.903. The highest BCUT2D eigenvalue weighted by molar-refractivity contribution is 5.78. The quantitative estimate of drug-likeness (QED) is 0.725. The van der Waals surface area contributed by atoms with Gasteiger partial charge in [0.25, 0.3) is 0 Å². The molecule has 136 valence electrons. The number of amides is 1. The molecule has 4 rings (SSSR count). The predicted octanol–water partition coefficient (Wildman–Crippen LogP) is 4.69. The summed E-state index contributed by atoms with van der Waals surface area (Å²) in [6.45, 7) is 3.72. The van der Waals surface area contributed by atoms with E-state index in [-0.39, 0.29) is 11.9 Å². The Morgan fingerprint density at radius 2 is 1.73 bits per heavy atom. The monoisotopic (exact) mass is 349 g/mol. The van der Waals surface area contributed by atoms with E-state index in [1.807, 2.05) is 17.0 Å². The second-order valence-corrected chi connectivity index (χ2v) is 7.73. The maximum atomic E-state index is 12.7. The normalized spacial score (nSPS) is 20.8. The number of nitrogens with zero attached hydrogens (tertiary/aromatic N) is 1. The number of hydrogen-bond donors (Lipinski definition) is 0. The highest BCUT2D eigenvalue weighted by atomic mass is 16.5. The minimum atomic E-state index is -0.564. The van der Waals surface area contributed by atoms with Crippen LogP contribution in [0.3, 0.4) is 0 Å². The average molecular weight is 349 g/mol. The standard InChI is InChI=1S/C23H27NO2/c1-23(26-17-18-14-15-18,20-11-6-3-7-12-20)22(19-9-4-2-5-10-19)24-16-8-13-21(24)25/h2-7,9-12,18,22H,8,13-17H2,1H3. The van der Waals surface area contributed by atoms with Crippen LogP contribution in [0.5, 0.6) is 0 Å². The van der Waals surface area contributed by atoms with Gasteiger partial charge in [-0.1, -0.05) is 60.7 Å².